The van der Waals surface area contributed by atoms with Crippen molar-refractivity contribution in [3.63, 3.8) is 0 Å². The minimum Gasteiger partial charge on any atom is -0.339 e. The van der Waals surface area contributed by atoms with E-state index in [1.54, 1.807) is 23.7 Å². The number of nitrogens with zero attached hydrogens (tertiary/aromatic N) is 3. The topological polar surface area (TPSA) is 38.1 Å². The number of hydrogen-bond donors (Lipinski definition) is 0. The number of amides is 1. The minimum atomic E-state index is 0.0148. The van der Waals surface area contributed by atoms with Gasteiger partial charge in [0.15, 0.2) is 0 Å². The van der Waals surface area contributed by atoms with Crippen LogP contribution in [0.5, 0.6) is 0 Å². The van der Waals surface area contributed by atoms with Crippen molar-refractivity contribution in [1.29, 1.82) is 0 Å². The van der Waals surface area contributed by atoms with Crippen molar-refractivity contribution in [3.8, 4) is 0 Å². The van der Waals surface area contributed by atoms with E-state index in [9.17, 15) is 4.79 Å². The highest BCUT2D eigenvalue weighted by molar-refractivity contribution is 9.09. The van der Waals surface area contributed by atoms with Gasteiger partial charge in [-0.15, -0.1) is 0 Å². The van der Waals surface area contributed by atoms with Crippen molar-refractivity contribution < 1.29 is 4.79 Å². The van der Waals surface area contributed by atoms with Gasteiger partial charge in [0.25, 0.3) is 5.91 Å². The molecule has 5 heteroatoms. The van der Waals surface area contributed by atoms with Crippen LogP contribution in [0.4, 0.5) is 0 Å². The maximum atomic E-state index is 12.1. The second-order valence-electron chi connectivity index (χ2n) is 3.96. The molecule has 0 spiro atoms. The van der Waals surface area contributed by atoms with Gasteiger partial charge >= 0.3 is 0 Å². The van der Waals surface area contributed by atoms with Gasteiger partial charge in [0.05, 0.1) is 5.69 Å². The van der Waals surface area contributed by atoms with E-state index in [0.29, 0.717) is 17.1 Å². The molecule has 90 valence electrons. The SMILES string of the molecule is CCc1cc(C(=O)N(C)CC(C)Br)n(C)n1. The summed E-state index contributed by atoms with van der Waals surface area (Å²) in [7, 11) is 3.61. The summed E-state index contributed by atoms with van der Waals surface area (Å²) < 4.78 is 1.65. The summed E-state index contributed by atoms with van der Waals surface area (Å²) in [6, 6.07) is 1.86. The van der Waals surface area contributed by atoms with Gasteiger partial charge in [-0.1, -0.05) is 29.8 Å². The van der Waals surface area contributed by atoms with Gasteiger partial charge in [0.1, 0.15) is 5.69 Å². The molecular formula is C11H18BrN3O. The molecule has 0 aliphatic carbocycles. The van der Waals surface area contributed by atoms with Gasteiger partial charge in [0.2, 0.25) is 0 Å². The summed E-state index contributed by atoms with van der Waals surface area (Å²) in [5.74, 6) is 0.0148. The summed E-state index contributed by atoms with van der Waals surface area (Å²) in [6.45, 7) is 4.73. The molecule has 1 unspecified atom stereocenters. The Morgan fingerprint density at radius 2 is 2.31 bits per heavy atom. The van der Waals surface area contributed by atoms with Crippen LogP contribution in [0.3, 0.4) is 0 Å². The molecule has 0 saturated carbocycles. The van der Waals surface area contributed by atoms with E-state index in [2.05, 4.69) is 21.0 Å². The zero-order chi connectivity index (χ0) is 12.3. The Balaban J connectivity index is 2.83. The van der Waals surface area contributed by atoms with Crippen LogP contribution >= 0.6 is 15.9 Å². The van der Waals surface area contributed by atoms with Gasteiger partial charge < -0.3 is 4.90 Å². The first-order valence-electron chi connectivity index (χ1n) is 5.38. The predicted octanol–water partition coefficient (Wildman–Crippen LogP) is 1.84. The molecule has 1 amide bonds. The summed E-state index contributed by atoms with van der Waals surface area (Å²) in [5.41, 5.74) is 1.60. The summed E-state index contributed by atoms with van der Waals surface area (Å²) in [6.07, 6.45) is 0.847. The number of aromatic nitrogens is 2. The highest BCUT2D eigenvalue weighted by atomic mass is 79.9. The van der Waals surface area contributed by atoms with Crippen LogP contribution in [0.25, 0.3) is 0 Å². The fraction of sp³-hybridized carbons (Fsp3) is 0.636. The maximum absolute atomic E-state index is 12.1. The first-order chi connectivity index (χ1) is 7.45. The third kappa shape index (κ3) is 3.07. The van der Waals surface area contributed by atoms with Crippen LogP contribution in [0, 0.1) is 0 Å². The lowest BCUT2D eigenvalue weighted by molar-refractivity contribution is 0.0786. The molecular weight excluding hydrogens is 270 g/mol. The van der Waals surface area contributed by atoms with Gasteiger partial charge in [-0.3, -0.25) is 9.48 Å². The van der Waals surface area contributed by atoms with Gasteiger partial charge in [0, 0.05) is 25.5 Å². The van der Waals surface area contributed by atoms with Crippen molar-refractivity contribution in [3.05, 3.63) is 17.5 Å². The average molecular weight is 288 g/mol. The van der Waals surface area contributed by atoms with E-state index in [1.807, 2.05) is 19.9 Å². The van der Waals surface area contributed by atoms with Crippen molar-refractivity contribution >= 4 is 21.8 Å². The van der Waals surface area contributed by atoms with Crippen LogP contribution in [0.1, 0.15) is 30.0 Å². The first-order valence-corrected chi connectivity index (χ1v) is 6.29. The number of hydrogen-bond acceptors (Lipinski definition) is 2. The van der Waals surface area contributed by atoms with E-state index in [-0.39, 0.29) is 5.91 Å². The third-order valence-corrected chi connectivity index (χ3v) is 2.67. The number of carbonyl (C=O) groups excluding carboxylic acids is 1. The summed E-state index contributed by atoms with van der Waals surface area (Å²) in [5, 5.41) is 4.27. The van der Waals surface area contributed by atoms with E-state index < -0.39 is 0 Å². The monoisotopic (exact) mass is 287 g/mol. The van der Waals surface area contributed by atoms with Crippen LogP contribution in [0.15, 0.2) is 6.07 Å². The molecule has 0 aliphatic rings. The molecule has 16 heavy (non-hydrogen) atoms. The molecule has 0 saturated heterocycles. The van der Waals surface area contributed by atoms with Crippen molar-refractivity contribution in [2.75, 3.05) is 13.6 Å². The van der Waals surface area contributed by atoms with Crippen LogP contribution in [-0.2, 0) is 13.5 Å². The van der Waals surface area contributed by atoms with E-state index in [0.717, 1.165) is 12.1 Å². The fourth-order valence-electron chi connectivity index (χ4n) is 1.56. The Hall–Kier alpha value is -0.840. The molecule has 1 rings (SSSR count). The standard InChI is InChI=1S/C11H18BrN3O/c1-5-9-6-10(15(4)13-9)11(16)14(3)7-8(2)12/h6,8H,5,7H2,1-4H3. The van der Waals surface area contributed by atoms with Gasteiger partial charge in [-0.25, -0.2) is 0 Å². The molecule has 4 nitrogen and oxygen atoms in total. The number of aryl methyl sites for hydroxylation is 2. The molecule has 0 bridgehead atoms. The number of halogens is 1. The van der Waals surface area contributed by atoms with E-state index in [1.165, 1.54) is 0 Å². The number of carbonyl (C=O) groups is 1. The van der Waals surface area contributed by atoms with Crippen LogP contribution < -0.4 is 0 Å². The van der Waals surface area contributed by atoms with Crippen LogP contribution in [-0.4, -0.2) is 39.0 Å². The Morgan fingerprint density at radius 1 is 1.69 bits per heavy atom. The zero-order valence-corrected chi connectivity index (χ0v) is 11.8. The molecule has 0 radical (unpaired) electrons. The van der Waals surface area contributed by atoms with Crippen molar-refractivity contribution in [2.45, 2.75) is 25.1 Å². The quantitative estimate of drug-likeness (QED) is 0.793. The lowest BCUT2D eigenvalue weighted by atomic mass is 10.3. The molecule has 0 fully saturated rings. The van der Waals surface area contributed by atoms with Gasteiger partial charge in [-0.2, -0.15) is 5.10 Å². The molecule has 1 heterocycles. The van der Waals surface area contributed by atoms with Crippen molar-refractivity contribution in [2.24, 2.45) is 7.05 Å². The molecule has 1 aromatic rings. The third-order valence-electron chi connectivity index (χ3n) is 2.38. The fourth-order valence-corrected chi connectivity index (χ4v) is 1.99. The normalized spacial score (nSPS) is 12.6. The van der Waals surface area contributed by atoms with E-state index >= 15 is 0 Å². The minimum absolute atomic E-state index is 0.0148. The smallest absolute Gasteiger partial charge is 0.271 e. The van der Waals surface area contributed by atoms with Crippen LogP contribution in [0.2, 0.25) is 0 Å². The predicted molar refractivity (Wildman–Crippen MR) is 67.9 cm³/mol. The Labute approximate surface area is 105 Å². The number of rotatable bonds is 4. The van der Waals surface area contributed by atoms with Gasteiger partial charge in [-0.05, 0) is 12.5 Å². The second-order valence-corrected chi connectivity index (χ2v) is 5.53. The molecule has 0 N–H and O–H groups in total. The Morgan fingerprint density at radius 3 is 2.75 bits per heavy atom. The van der Waals surface area contributed by atoms with Crippen molar-refractivity contribution in [1.82, 2.24) is 14.7 Å². The number of alkyl halides is 1. The Kier molecular flexibility index (Phi) is 4.53. The summed E-state index contributed by atoms with van der Waals surface area (Å²) >= 11 is 3.44. The first kappa shape index (κ1) is 13.2. The molecule has 1 atom stereocenters. The largest absolute Gasteiger partial charge is 0.339 e. The molecule has 1 aromatic heterocycles. The lowest BCUT2D eigenvalue weighted by Gasteiger charge is -2.18. The maximum Gasteiger partial charge on any atom is 0.271 e. The summed E-state index contributed by atoms with van der Waals surface area (Å²) in [4.78, 5) is 14.1. The zero-order valence-electron chi connectivity index (χ0n) is 10.2. The van der Waals surface area contributed by atoms with E-state index in [4.69, 9.17) is 0 Å². The lowest BCUT2D eigenvalue weighted by Crippen LogP contribution is -2.32. The highest BCUT2D eigenvalue weighted by Crippen LogP contribution is 2.08. The highest BCUT2D eigenvalue weighted by Gasteiger charge is 2.17. The average Bonchev–Trinajstić information content (AvgIpc) is 2.57. The molecule has 0 aromatic carbocycles. The Bertz CT molecular complexity index is 373. The second kappa shape index (κ2) is 5.48. The molecule has 0 aliphatic heterocycles.